The minimum absolute atomic E-state index is 0.0684. The lowest BCUT2D eigenvalue weighted by Gasteiger charge is -2.37. The van der Waals surface area contributed by atoms with Gasteiger partial charge in [0.05, 0.1) is 23.3 Å². The Morgan fingerprint density at radius 3 is 2.30 bits per heavy atom. The third-order valence-electron chi connectivity index (χ3n) is 4.87. The van der Waals surface area contributed by atoms with E-state index in [0.717, 1.165) is 5.69 Å². The topological polar surface area (TPSA) is 65.1 Å². The van der Waals surface area contributed by atoms with Crippen molar-refractivity contribution in [1.29, 1.82) is 0 Å². The molecule has 27 heavy (non-hydrogen) atoms. The summed E-state index contributed by atoms with van der Waals surface area (Å²) in [7, 11) is 0. The standard InChI is InChI=1S/C18H24Cl2N4O3/c1-13(17(25)23-8-10-27-11-9-23)21-18(26)24-6-4-22(5-7-24)14-2-3-15(19)16(20)12-14/h2-3,12-13H,4-11H2,1H3,(H,21,26)/t13-/m1/s1. The molecule has 2 aliphatic rings. The third-order valence-corrected chi connectivity index (χ3v) is 5.61. The fourth-order valence-corrected chi connectivity index (χ4v) is 3.54. The molecule has 2 aliphatic heterocycles. The van der Waals surface area contributed by atoms with E-state index in [1.165, 1.54) is 0 Å². The smallest absolute Gasteiger partial charge is 0.318 e. The van der Waals surface area contributed by atoms with Gasteiger partial charge in [-0.25, -0.2) is 4.79 Å². The predicted molar refractivity (Wildman–Crippen MR) is 106 cm³/mol. The predicted octanol–water partition coefficient (Wildman–Crippen LogP) is 2.07. The summed E-state index contributed by atoms with van der Waals surface area (Å²) >= 11 is 12.1. The molecule has 9 heteroatoms. The van der Waals surface area contributed by atoms with E-state index in [4.69, 9.17) is 27.9 Å². The summed E-state index contributed by atoms with van der Waals surface area (Å²) in [6.45, 7) is 6.49. The van der Waals surface area contributed by atoms with E-state index in [1.54, 1.807) is 22.8 Å². The summed E-state index contributed by atoms with van der Waals surface area (Å²) in [6.07, 6.45) is 0. The number of amides is 3. The first kappa shape index (κ1) is 20.0. The summed E-state index contributed by atoms with van der Waals surface area (Å²) in [5.41, 5.74) is 0.986. The molecule has 0 aliphatic carbocycles. The van der Waals surface area contributed by atoms with Crippen LogP contribution in [0.1, 0.15) is 6.92 Å². The molecular formula is C18H24Cl2N4O3. The Hall–Kier alpha value is -1.70. The molecule has 1 aromatic carbocycles. The maximum absolute atomic E-state index is 12.5. The molecule has 0 aromatic heterocycles. The molecule has 148 valence electrons. The van der Waals surface area contributed by atoms with Gasteiger partial charge in [0.15, 0.2) is 0 Å². The molecule has 2 saturated heterocycles. The van der Waals surface area contributed by atoms with E-state index in [1.807, 2.05) is 12.1 Å². The Kier molecular flexibility index (Phi) is 6.68. The number of nitrogens with one attached hydrogen (secondary N) is 1. The fraction of sp³-hybridized carbons (Fsp3) is 0.556. The maximum Gasteiger partial charge on any atom is 0.318 e. The quantitative estimate of drug-likeness (QED) is 0.821. The number of urea groups is 1. The van der Waals surface area contributed by atoms with Gasteiger partial charge in [-0.15, -0.1) is 0 Å². The molecule has 3 amide bonds. The van der Waals surface area contributed by atoms with Gasteiger partial charge in [0, 0.05) is 45.0 Å². The van der Waals surface area contributed by atoms with Gasteiger partial charge in [-0.3, -0.25) is 4.79 Å². The lowest BCUT2D eigenvalue weighted by atomic mass is 10.2. The molecule has 1 aromatic rings. The Bertz CT molecular complexity index is 689. The van der Waals surface area contributed by atoms with Crippen LogP contribution in [0.2, 0.25) is 10.0 Å². The van der Waals surface area contributed by atoms with Crippen molar-refractivity contribution in [1.82, 2.24) is 15.1 Å². The molecule has 0 saturated carbocycles. The number of hydrogen-bond acceptors (Lipinski definition) is 4. The second-order valence-electron chi connectivity index (χ2n) is 6.68. The highest BCUT2D eigenvalue weighted by Crippen LogP contribution is 2.27. The molecule has 2 heterocycles. The van der Waals surface area contributed by atoms with Gasteiger partial charge in [-0.2, -0.15) is 0 Å². The van der Waals surface area contributed by atoms with Gasteiger partial charge in [-0.1, -0.05) is 23.2 Å². The fourth-order valence-electron chi connectivity index (χ4n) is 3.25. The molecule has 3 rings (SSSR count). The van der Waals surface area contributed by atoms with Crippen molar-refractivity contribution in [2.75, 3.05) is 57.4 Å². The molecular weight excluding hydrogens is 391 g/mol. The largest absolute Gasteiger partial charge is 0.378 e. The minimum atomic E-state index is -0.552. The lowest BCUT2D eigenvalue weighted by molar-refractivity contribution is -0.136. The van der Waals surface area contributed by atoms with Crippen LogP contribution in [0.15, 0.2) is 18.2 Å². The van der Waals surface area contributed by atoms with Crippen LogP contribution < -0.4 is 10.2 Å². The third kappa shape index (κ3) is 4.97. The first-order chi connectivity index (χ1) is 13.0. The number of ether oxygens (including phenoxy) is 1. The monoisotopic (exact) mass is 414 g/mol. The summed E-state index contributed by atoms with van der Waals surface area (Å²) in [5, 5.41) is 3.86. The zero-order valence-corrected chi connectivity index (χ0v) is 16.8. The summed E-state index contributed by atoms with van der Waals surface area (Å²) in [5.74, 6) is -0.0684. The van der Waals surface area contributed by atoms with E-state index in [9.17, 15) is 9.59 Å². The van der Waals surface area contributed by atoms with Crippen LogP contribution in [0.5, 0.6) is 0 Å². The molecule has 1 N–H and O–H groups in total. The van der Waals surface area contributed by atoms with E-state index >= 15 is 0 Å². The van der Waals surface area contributed by atoms with Gasteiger partial charge in [0.25, 0.3) is 0 Å². The summed E-state index contributed by atoms with van der Waals surface area (Å²) < 4.78 is 5.26. The van der Waals surface area contributed by atoms with Crippen LogP contribution in [0.3, 0.4) is 0 Å². The summed E-state index contributed by atoms with van der Waals surface area (Å²) in [4.78, 5) is 30.5. The van der Waals surface area contributed by atoms with Crippen LogP contribution in [0, 0.1) is 0 Å². The molecule has 0 bridgehead atoms. The van der Waals surface area contributed by atoms with Crippen LogP contribution in [0.25, 0.3) is 0 Å². The second-order valence-corrected chi connectivity index (χ2v) is 7.50. The highest BCUT2D eigenvalue weighted by atomic mass is 35.5. The lowest BCUT2D eigenvalue weighted by Crippen LogP contribution is -2.56. The van der Waals surface area contributed by atoms with Gasteiger partial charge in [0.2, 0.25) is 5.91 Å². The molecule has 2 fully saturated rings. The Labute approximate surface area is 169 Å². The van der Waals surface area contributed by atoms with Crippen molar-refractivity contribution in [3.05, 3.63) is 28.2 Å². The first-order valence-electron chi connectivity index (χ1n) is 9.07. The van der Waals surface area contributed by atoms with E-state index in [0.29, 0.717) is 62.5 Å². The first-order valence-corrected chi connectivity index (χ1v) is 9.83. The van der Waals surface area contributed by atoms with E-state index < -0.39 is 6.04 Å². The maximum atomic E-state index is 12.5. The average Bonchev–Trinajstić information content (AvgIpc) is 2.70. The van der Waals surface area contributed by atoms with Crippen LogP contribution in [-0.4, -0.2) is 80.3 Å². The Balaban J connectivity index is 1.49. The number of anilines is 1. The van der Waals surface area contributed by atoms with Crippen LogP contribution >= 0.6 is 23.2 Å². The van der Waals surface area contributed by atoms with E-state index in [-0.39, 0.29) is 11.9 Å². The van der Waals surface area contributed by atoms with Gasteiger partial charge in [-0.05, 0) is 25.1 Å². The second kappa shape index (κ2) is 8.99. The molecule has 0 radical (unpaired) electrons. The van der Waals surface area contributed by atoms with Gasteiger partial charge < -0.3 is 24.8 Å². The Morgan fingerprint density at radius 2 is 1.67 bits per heavy atom. The van der Waals surface area contributed by atoms with Crippen LogP contribution in [0.4, 0.5) is 10.5 Å². The van der Waals surface area contributed by atoms with Crippen molar-refractivity contribution >= 4 is 40.8 Å². The number of morpholine rings is 1. The van der Waals surface area contributed by atoms with Crippen molar-refractivity contribution < 1.29 is 14.3 Å². The zero-order chi connectivity index (χ0) is 19.4. The SMILES string of the molecule is C[C@@H](NC(=O)N1CCN(c2ccc(Cl)c(Cl)c2)CC1)C(=O)N1CCOCC1. The summed E-state index contributed by atoms with van der Waals surface area (Å²) in [6, 6.07) is 4.77. The minimum Gasteiger partial charge on any atom is -0.378 e. The number of carbonyl (C=O) groups is 2. The van der Waals surface area contributed by atoms with Gasteiger partial charge >= 0.3 is 6.03 Å². The van der Waals surface area contributed by atoms with Crippen molar-refractivity contribution in [2.45, 2.75) is 13.0 Å². The zero-order valence-electron chi connectivity index (χ0n) is 15.3. The highest BCUT2D eigenvalue weighted by Gasteiger charge is 2.27. The van der Waals surface area contributed by atoms with E-state index in [2.05, 4.69) is 10.2 Å². The van der Waals surface area contributed by atoms with Crippen molar-refractivity contribution in [3.63, 3.8) is 0 Å². The van der Waals surface area contributed by atoms with Crippen molar-refractivity contribution in [2.24, 2.45) is 0 Å². The highest BCUT2D eigenvalue weighted by molar-refractivity contribution is 6.42. The normalized spacial score (nSPS) is 19.0. The molecule has 0 spiro atoms. The number of benzene rings is 1. The molecule has 0 unspecified atom stereocenters. The Morgan fingerprint density at radius 1 is 1.00 bits per heavy atom. The molecule has 7 nitrogen and oxygen atoms in total. The number of carbonyl (C=O) groups excluding carboxylic acids is 2. The number of rotatable bonds is 3. The van der Waals surface area contributed by atoms with Gasteiger partial charge in [0.1, 0.15) is 6.04 Å². The average molecular weight is 415 g/mol. The molecule has 1 atom stereocenters. The van der Waals surface area contributed by atoms with Crippen LogP contribution in [-0.2, 0) is 9.53 Å². The number of piperazine rings is 1. The number of hydrogen-bond donors (Lipinski definition) is 1. The number of nitrogens with zero attached hydrogens (tertiary/aromatic N) is 3. The van der Waals surface area contributed by atoms with Crippen molar-refractivity contribution in [3.8, 4) is 0 Å². The number of halogens is 2.